The molecule has 1 aromatic rings. The summed E-state index contributed by atoms with van der Waals surface area (Å²) >= 11 is 15.9. The monoisotopic (exact) mass is 364 g/mol. The Morgan fingerprint density at radius 2 is 1.37 bits per heavy atom. The van der Waals surface area contributed by atoms with Gasteiger partial charge in [0.15, 0.2) is 0 Å². The van der Waals surface area contributed by atoms with Crippen molar-refractivity contribution in [3.05, 3.63) is 44.3 Å². The van der Waals surface area contributed by atoms with Crippen molar-refractivity contribution in [2.45, 2.75) is 9.16 Å². The normalized spacial score (nSPS) is 26.6. The third-order valence-electron chi connectivity index (χ3n) is 2.59. The summed E-state index contributed by atoms with van der Waals surface area (Å²) in [5.74, 6) is 3.73. The molecule has 1 aromatic heterocycles. The van der Waals surface area contributed by atoms with E-state index >= 15 is 0 Å². The maximum absolute atomic E-state index is 6.04. The van der Waals surface area contributed by atoms with Crippen LogP contribution in [0.4, 0.5) is 0 Å². The summed E-state index contributed by atoms with van der Waals surface area (Å²) in [7, 11) is 0. The highest BCUT2D eigenvalue weighted by atomic mass is 32.2. The second-order valence-corrected chi connectivity index (χ2v) is 9.55. The highest BCUT2D eigenvalue weighted by Crippen LogP contribution is 2.54. The molecule has 1 nitrogen and oxygen atoms in total. The Morgan fingerprint density at radius 1 is 0.895 bits per heavy atom. The molecule has 0 aromatic carbocycles. The molecule has 0 N–H and O–H groups in total. The Balaban J connectivity index is 1.65. The summed E-state index contributed by atoms with van der Waals surface area (Å²) in [5, 5.41) is 4.37. The molecular formula is C12H12OS6. The molecule has 0 spiro atoms. The highest BCUT2D eigenvalue weighted by molar-refractivity contribution is 8.23. The second-order valence-electron chi connectivity index (χ2n) is 3.90. The van der Waals surface area contributed by atoms with Gasteiger partial charge in [-0.25, -0.2) is 0 Å². The summed E-state index contributed by atoms with van der Waals surface area (Å²) in [6.07, 6.45) is 0. The number of furan rings is 1. The SMILES string of the molecule is SCC1=CSC(c2ccc(C3SC=C(CS)S3)o2)S1. The maximum atomic E-state index is 6.04. The Labute approximate surface area is 141 Å². The zero-order valence-electron chi connectivity index (χ0n) is 9.81. The lowest BCUT2D eigenvalue weighted by atomic mass is 10.4. The van der Waals surface area contributed by atoms with Crippen LogP contribution in [0.1, 0.15) is 20.7 Å². The molecule has 3 heterocycles. The standard InChI is InChI=1S/C12H12OS6/c14-3-7-5-16-11(18-7)9-1-2-10(13-9)12-17-6-8(4-15)19-12/h1-2,5-6,11-12,14-15H,3-4H2. The minimum Gasteiger partial charge on any atom is -0.462 e. The number of thioether (sulfide) groups is 4. The third-order valence-corrected chi connectivity index (χ3v) is 9.06. The Morgan fingerprint density at radius 3 is 1.74 bits per heavy atom. The fraction of sp³-hybridized carbons (Fsp3) is 0.333. The lowest BCUT2D eigenvalue weighted by molar-refractivity contribution is 0.495. The molecule has 102 valence electrons. The quantitative estimate of drug-likeness (QED) is 0.655. The molecule has 2 aliphatic heterocycles. The topological polar surface area (TPSA) is 13.1 Å². The van der Waals surface area contributed by atoms with Gasteiger partial charge in [-0.1, -0.05) is 0 Å². The number of rotatable bonds is 4. The van der Waals surface area contributed by atoms with E-state index in [0.717, 1.165) is 23.0 Å². The zero-order chi connectivity index (χ0) is 13.2. The van der Waals surface area contributed by atoms with Crippen molar-refractivity contribution in [2.24, 2.45) is 0 Å². The minimum atomic E-state index is 0.351. The molecular weight excluding hydrogens is 353 g/mol. The van der Waals surface area contributed by atoms with Crippen LogP contribution in [0.25, 0.3) is 0 Å². The van der Waals surface area contributed by atoms with Gasteiger partial charge < -0.3 is 4.42 Å². The van der Waals surface area contributed by atoms with Crippen LogP contribution in [0.5, 0.6) is 0 Å². The molecule has 0 saturated heterocycles. The molecule has 0 bridgehead atoms. The molecule has 3 rings (SSSR count). The molecule has 0 fully saturated rings. The first-order valence-corrected chi connectivity index (χ1v) is 10.5. The van der Waals surface area contributed by atoms with E-state index < -0.39 is 0 Å². The molecule has 0 saturated carbocycles. The Kier molecular flexibility index (Phi) is 5.25. The van der Waals surface area contributed by atoms with E-state index in [9.17, 15) is 0 Å². The van der Waals surface area contributed by atoms with Gasteiger partial charge in [0, 0.05) is 21.3 Å². The first-order chi connectivity index (χ1) is 9.30. The van der Waals surface area contributed by atoms with Crippen molar-refractivity contribution in [1.29, 1.82) is 0 Å². The van der Waals surface area contributed by atoms with Crippen molar-refractivity contribution < 1.29 is 4.42 Å². The van der Waals surface area contributed by atoms with Gasteiger partial charge in [0.05, 0.1) is 0 Å². The molecule has 2 unspecified atom stereocenters. The van der Waals surface area contributed by atoms with E-state index in [1.165, 1.54) is 9.81 Å². The highest BCUT2D eigenvalue weighted by Gasteiger charge is 2.27. The van der Waals surface area contributed by atoms with Gasteiger partial charge in [-0.3, -0.25) is 0 Å². The van der Waals surface area contributed by atoms with Gasteiger partial charge in [0.1, 0.15) is 20.7 Å². The van der Waals surface area contributed by atoms with E-state index in [2.05, 4.69) is 48.2 Å². The average molecular weight is 365 g/mol. The van der Waals surface area contributed by atoms with Crippen molar-refractivity contribution >= 4 is 72.3 Å². The van der Waals surface area contributed by atoms with E-state index in [1.807, 2.05) is 47.0 Å². The molecule has 0 amide bonds. The van der Waals surface area contributed by atoms with Crippen LogP contribution in [-0.4, -0.2) is 11.5 Å². The molecule has 7 heteroatoms. The van der Waals surface area contributed by atoms with E-state index in [1.54, 1.807) is 0 Å². The van der Waals surface area contributed by atoms with Gasteiger partial charge in [-0.15, -0.1) is 47.0 Å². The number of thiol groups is 2. The Hall–Kier alpha value is 0.860. The number of hydrogen-bond acceptors (Lipinski definition) is 7. The average Bonchev–Trinajstić information content (AvgIpc) is 3.16. The molecule has 0 radical (unpaired) electrons. The van der Waals surface area contributed by atoms with Gasteiger partial charge in [0.2, 0.25) is 0 Å². The van der Waals surface area contributed by atoms with Crippen LogP contribution in [-0.2, 0) is 0 Å². The lowest BCUT2D eigenvalue weighted by Crippen LogP contribution is -1.83. The summed E-state index contributed by atoms with van der Waals surface area (Å²) < 4.78 is 6.74. The van der Waals surface area contributed by atoms with Crippen LogP contribution in [0, 0.1) is 0 Å². The van der Waals surface area contributed by atoms with Crippen LogP contribution in [0.3, 0.4) is 0 Å². The Bertz CT molecular complexity index is 476. The first kappa shape index (κ1) is 14.8. The molecule has 0 aliphatic carbocycles. The third kappa shape index (κ3) is 3.37. The van der Waals surface area contributed by atoms with Crippen molar-refractivity contribution in [2.75, 3.05) is 11.5 Å². The van der Waals surface area contributed by atoms with E-state index in [-0.39, 0.29) is 0 Å². The molecule has 2 aliphatic rings. The largest absolute Gasteiger partial charge is 0.462 e. The van der Waals surface area contributed by atoms with Crippen molar-refractivity contribution in [3.8, 4) is 0 Å². The predicted octanol–water partition coefficient (Wildman–Crippen LogP) is 5.78. The van der Waals surface area contributed by atoms with Crippen molar-refractivity contribution in [1.82, 2.24) is 0 Å². The van der Waals surface area contributed by atoms with Gasteiger partial charge in [-0.05, 0) is 22.9 Å². The zero-order valence-corrected chi connectivity index (χ0v) is 14.9. The summed E-state index contributed by atoms with van der Waals surface area (Å²) in [6, 6.07) is 4.21. The smallest absolute Gasteiger partial charge is 0.127 e. The molecule has 2 atom stereocenters. The van der Waals surface area contributed by atoms with Gasteiger partial charge >= 0.3 is 0 Å². The van der Waals surface area contributed by atoms with Gasteiger partial charge in [-0.2, -0.15) is 25.3 Å². The second kappa shape index (κ2) is 6.75. The van der Waals surface area contributed by atoms with Crippen molar-refractivity contribution in [3.63, 3.8) is 0 Å². The van der Waals surface area contributed by atoms with Gasteiger partial charge in [0.25, 0.3) is 0 Å². The summed E-state index contributed by atoms with van der Waals surface area (Å²) in [4.78, 5) is 2.64. The fourth-order valence-corrected chi connectivity index (χ4v) is 7.28. The van der Waals surface area contributed by atoms with E-state index in [0.29, 0.717) is 9.16 Å². The fourth-order valence-electron chi connectivity index (χ4n) is 1.68. The van der Waals surface area contributed by atoms with Crippen LogP contribution < -0.4 is 0 Å². The van der Waals surface area contributed by atoms with E-state index in [4.69, 9.17) is 4.42 Å². The van der Waals surface area contributed by atoms with Crippen LogP contribution in [0.15, 0.2) is 37.2 Å². The number of hydrogen-bond donors (Lipinski definition) is 2. The molecule has 19 heavy (non-hydrogen) atoms. The first-order valence-electron chi connectivity index (χ1n) is 5.64. The maximum Gasteiger partial charge on any atom is 0.127 e. The lowest BCUT2D eigenvalue weighted by Gasteiger charge is -2.07. The van der Waals surface area contributed by atoms with Crippen LogP contribution >= 0.6 is 72.3 Å². The minimum absolute atomic E-state index is 0.351. The van der Waals surface area contributed by atoms with Crippen LogP contribution in [0.2, 0.25) is 0 Å². The predicted molar refractivity (Wildman–Crippen MR) is 98.4 cm³/mol. The summed E-state index contributed by atoms with van der Waals surface area (Å²) in [6.45, 7) is 0. The summed E-state index contributed by atoms with van der Waals surface area (Å²) in [5.41, 5.74) is 0.